The van der Waals surface area contributed by atoms with Gasteiger partial charge in [-0.1, -0.05) is 133 Å². The molecule has 3 heteroatoms. The van der Waals surface area contributed by atoms with Crippen LogP contribution >= 0.6 is 0 Å². The van der Waals surface area contributed by atoms with Gasteiger partial charge in [-0.05, 0) is 68.8 Å². The van der Waals surface area contributed by atoms with E-state index in [1.54, 1.807) is 14.2 Å². The predicted octanol–water partition coefficient (Wildman–Crippen LogP) is 9.57. The highest BCUT2D eigenvalue weighted by molar-refractivity contribution is 5.97. The fraction of sp³-hybridized carbons (Fsp3) is 0.0976. The number of Topliss-reactive ketones (excluding diaryl/α,β-unsaturated/α-hetero) is 1. The highest BCUT2D eigenvalue weighted by Crippen LogP contribution is 2.37. The van der Waals surface area contributed by atoms with Crippen molar-refractivity contribution in [3.05, 3.63) is 180 Å². The lowest BCUT2D eigenvalue weighted by atomic mass is 9.77. The number of carbonyl (C=O) groups is 1. The first-order valence-corrected chi connectivity index (χ1v) is 14.8. The largest absolute Gasteiger partial charge is 0.497 e. The molecule has 2 unspecified atom stereocenters. The van der Waals surface area contributed by atoms with Crippen LogP contribution in [0.5, 0.6) is 11.5 Å². The second kappa shape index (κ2) is 13.3. The molecule has 0 spiro atoms. The summed E-state index contributed by atoms with van der Waals surface area (Å²) in [5.41, 5.74) is 8.26. The lowest BCUT2D eigenvalue weighted by Gasteiger charge is -2.25. The van der Waals surface area contributed by atoms with Crippen molar-refractivity contribution in [2.45, 2.75) is 11.8 Å². The highest BCUT2D eigenvalue weighted by atomic mass is 16.5. The van der Waals surface area contributed by atoms with E-state index >= 15 is 0 Å². The summed E-state index contributed by atoms with van der Waals surface area (Å²) in [6.45, 7) is 0. The molecule has 2 atom stereocenters. The molecule has 0 heterocycles. The topological polar surface area (TPSA) is 35.5 Å². The van der Waals surface area contributed by atoms with E-state index in [9.17, 15) is 4.79 Å². The second-order valence-electron chi connectivity index (χ2n) is 10.8. The number of ether oxygens (including phenoxy) is 2. The number of carbonyl (C=O) groups excluding carboxylic acids is 1. The second-order valence-corrected chi connectivity index (χ2v) is 10.8. The molecule has 0 fully saturated rings. The summed E-state index contributed by atoms with van der Waals surface area (Å²) in [5.74, 6) is 0.908. The molecule has 44 heavy (non-hydrogen) atoms. The molecule has 3 nitrogen and oxygen atoms in total. The fourth-order valence-corrected chi connectivity index (χ4v) is 5.80. The summed E-state index contributed by atoms with van der Waals surface area (Å²) in [4.78, 5) is 14.9. The van der Waals surface area contributed by atoms with Gasteiger partial charge in [-0.15, -0.1) is 0 Å². The van der Waals surface area contributed by atoms with Crippen molar-refractivity contribution in [3.63, 3.8) is 0 Å². The smallest absolute Gasteiger partial charge is 0.156 e. The van der Waals surface area contributed by atoms with Gasteiger partial charge in [0.05, 0.1) is 26.1 Å². The molecule has 0 aliphatic carbocycles. The fourth-order valence-electron chi connectivity index (χ4n) is 5.80. The third-order valence-electron chi connectivity index (χ3n) is 8.17. The van der Waals surface area contributed by atoms with E-state index in [1.807, 2.05) is 60.7 Å². The Balaban J connectivity index is 1.38. The number of hydrogen-bond acceptors (Lipinski definition) is 3. The Morgan fingerprint density at radius 1 is 0.386 bits per heavy atom. The van der Waals surface area contributed by atoms with Crippen LogP contribution in [0.15, 0.2) is 158 Å². The standard InChI is InChI=1S/C41H34O3/c1-43-37-25-21-31(22-26-37)29-13-17-35(18-14-29)39(33-9-5-3-6-10-33)41(42)40(34-11-7-4-8-12-34)36-19-15-30(16-20-36)32-23-27-38(44-2)28-24-32/h3-28,39-40H,1-2H3. The molecule has 216 valence electrons. The molecular weight excluding hydrogens is 540 g/mol. The summed E-state index contributed by atoms with van der Waals surface area (Å²) in [7, 11) is 3.34. The zero-order valence-electron chi connectivity index (χ0n) is 24.9. The summed E-state index contributed by atoms with van der Waals surface area (Å²) in [6.07, 6.45) is 0. The van der Waals surface area contributed by atoms with Crippen molar-refractivity contribution in [3.8, 4) is 33.8 Å². The Labute approximate surface area is 259 Å². The molecule has 0 amide bonds. The maximum Gasteiger partial charge on any atom is 0.156 e. The van der Waals surface area contributed by atoms with E-state index in [1.165, 1.54) is 0 Å². The first-order chi connectivity index (χ1) is 21.6. The minimum atomic E-state index is -0.437. The van der Waals surface area contributed by atoms with Gasteiger partial charge in [0.25, 0.3) is 0 Å². The molecule has 0 aromatic heterocycles. The van der Waals surface area contributed by atoms with Crippen molar-refractivity contribution in [1.29, 1.82) is 0 Å². The van der Waals surface area contributed by atoms with Crippen molar-refractivity contribution in [2.75, 3.05) is 14.2 Å². The molecule has 0 saturated heterocycles. The van der Waals surface area contributed by atoms with Crippen LogP contribution in [-0.2, 0) is 4.79 Å². The van der Waals surface area contributed by atoms with E-state index in [-0.39, 0.29) is 5.78 Å². The molecule has 0 radical (unpaired) electrons. The van der Waals surface area contributed by atoms with Gasteiger partial charge in [0.15, 0.2) is 5.78 Å². The maximum absolute atomic E-state index is 14.9. The Hall–Kier alpha value is -5.41. The highest BCUT2D eigenvalue weighted by Gasteiger charge is 2.32. The summed E-state index contributed by atoms with van der Waals surface area (Å²) in [5, 5.41) is 0. The number of hydrogen-bond donors (Lipinski definition) is 0. The van der Waals surface area contributed by atoms with Gasteiger partial charge in [-0.2, -0.15) is 0 Å². The quantitative estimate of drug-likeness (QED) is 0.163. The third-order valence-corrected chi connectivity index (χ3v) is 8.17. The normalized spacial score (nSPS) is 12.2. The van der Waals surface area contributed by atoms with Gasteiger partial charge in [0, 0.05) is 0 Å². The van der Waals surface area contributed by atoms with Crippen LogP contribution in [0.1, 0.15) is 34.1 Å². The maximum atomic E-state index is 14.9. The molecule has 6 rings (SSSR count). The van der Waals surface area contributed by atoms with Crippen LogP contribution in [0.2, 0.25) is 0 Å². The van der Waals surface area contributed by atoms with Gasteiger partial charge in [0.1, 0.15) is 11.5 Å². The Morgan fingerprint density at radius 2 is 0.659 bits per heavy atom. The molecule has 0 bridgehead atoms. The zero-order valence-corrected chi connectivity index (χ0v) is 24.9. The third kappa shape index (κ3) is 6.18. The SMILES string of the molecule is COc1ccc(-c2ccc(C(C(=O)C(c3ccccc3)c3ccc(-c4ccc(OC)cc4)cc3)c3ccccc3)cc2)cc1. The van der Waals surface area contributed by atoms with Crippen molar-refractivity contribution in [1.82, 2.24) is 0 Å². The van der Waals surface area contributed by atoms with E-state index in [0.717, 1.165) is 56.0 Å². The first kappa shape index (κ1) is 28.7. The van der Waals surface area contributed by atoms with E-state index in [0.29, 0.717) is 0 Å². The van der Waals surface area contributed by atoms with Crippen LogP contribution in [-0.4, -0.2) is 20.0 Å². The van der Waals surface area contributed by atoms with Gasteiger partial charge in [-0.25, -0.2) is 0 Å². The predicted molar refractivity (Wildman–Crippen MR) is 178 cm³/mol. The lowest BCUT2D eigenvalue weighted by molar-refractivity contribution is -0.120. The Kier molecular flexibility index (Phi) is 8.65. The van der Waals surface area contributed by atoms with E-state index < -0.39 is 11.8 Å². The van der Waals surface area contributed by atoms with Gasteiger partial charge < -0.3 is 9.47 Å². The Morgan fingerprint density at radius 3 is 0.955 bits per heavy atom. The van der Waals surface area contributed by atoms with E-state index in [4.69, 9.17) is 9.47 Å². The Bertz CT molecular complexity index is 1660. The van der Waals surface area contributed by atoms with Crippen LogP contribution in [0.3, 0.4) is 0 Å². The van der Waals surface area contributed by atoms with Gasteiger partial charge in [0.2, 0.25) is 0 Å². The average molecular weight is 575 g/mol. The molecule has 6 aromatic carbocycles. The van der Waals surface area contributed by atoms with Gasteiger partial charge >= 0.3 is 0 Å². The van der Waals surface area contributed by atoms with Crippen LogP contribution in [0.4, 0.5) is 0 Å². The lowest BCUT2D eigenvalue weighted by Crippen LogP contribution is -2.23. The summed E-state index contributed by atoms with van der Waals surface area (Å²) in [6, 6.07) is 53.0. The molecule has 6 aromatic rings. The number of ketones is 1. The minimum absolute atomic E-state index is 0.136. The molecule has 0 N–H and O–H groups in total. The molecule has 0 aliphatic rings. The van der Waals surface area contributed by atoms with Crippen LogP contribution in [0, 0.1) is 0 Å². The minimum Gasteiger partial charge on any atom is -0.497 e. The van der Waals surface area contributed by atoms with Gasteiger partial charge in [-0.3, -0.25) is 4.79 Å². The van der Waals surface area contributed by atoms with Crippen molar-refractivity contribution < 1.29 is 14.3 Å². The number of rotatable bonds is 10. The summed E-state index contributed by atoms with van der Waals surface area (Å²) >= 11 is 0. The first-order valence-electron chi connectivity index (χ1n) is 14.8. The summed E-state index contributed by atoms with van der Waals surface area (Å²) < 4.78 is 10.6. The van der Waals surface area contributed by atoms with Crippen LogP contribution in [0.25, 0.3) is 22.3 Å². The average Bonchev–Trinajstić information content (AvgIpc) is 3.10. The van der Waals surface area contributed by atoms with Crippen molar-refractivity contribution in [2.24, 2.45) is 0 Å². The van der Waals surface area contributed by atoms with E-state index in [2.05, 4.69) is 97.1 Å². The van der Waals surface area contributed by atoms with Crippen molar-refractivity contribution >= 4 is 5.78 Å². The molecular formula is C41H34O3. The zero-order chi connectivity index (χ0) is 30.3. The monoisotopic (exact) mass is 574 g/mol. The number of benzene rings is 6. The van der Waals surface area contributed by atoms with Crippen LogP contribution < -0.4 is 9.47 Å². The molecule has 0 saturated carbocycles. The molecule has 0 aliphatic heterocycles. The number of methoxy groups -OCH3 is 2.